The van der Waals surface area contributed by atoms with Crippen LogP contribution in [0, 0.1) is 6.92 Å². The summed E-state index contributed by atoms with van der Waals surface area (Å²) < 4.78 is 28.6. The monoisotopic (exact) mass is 595 g/mol. The van der Waals surface area contributed by atoms with Crippen molar-refractivity contribution in [1.82, 2.24) is 10.2 Å². The van der Waals surface area contributed by atoms with Crippen LogP contribution in [0.5, 0.6) is 0 Å². The Bertz CT molecular complexity index is 1400. The molecule has 2 amide bonds. The first-order valence-electron chi connectivity index (χ1n) is 11.8. The Morgan fingerprint density at radius 1 is 0.921 bits per heavy atom. The predicted octanol–water partition coefficient (Wildman–Crippen LogP) is 5.70. The lowest BCUT2D eigenvalue weighted by Gasteiger charge is -2.33. The predicted molar refractivity (Wildman–Crippen MR) is 152 cm³/mol. The molecule has 0 aliphatic carbocycles. The average molecular weight is 597 g/mol. The highest BCUT2D eigenvalue weighted by Crippen LogP contribution is 2.31. The van der Waals surface area contributed by atoms with E-state index < -0.39 is 28.5 Å². The number of anilines is 1. The number of hydrogen-bond acceptors (Lipinski definition) is 4. The molecule has 1 atom stereocenters. The van der Waals surface area contributed by atoms with Gasteiger partial charge in [0.2, 0.25) is 11.8 Å². The van der Waals surface area contributed by atoms with E-state index >= 15 is 0 Å². The van der Waals surface area contributed by atoms with E-state index in [-0.39, 0.29) is 33.1 Å². The fraction of sp³-hybridized carbons (Fsp3) is 0.259. The summed E-state index contributed by atoms with van der Waals surface area (Å²) in [5.74, 6) is -0.936. The molecule has 0 aromatic heterocycles. The van der Waals surface area contributed by atoms with Gasteiger partial charge in [-0.25, -0.2) is 8.42 Å². The van der Waals surface area contributed by atoms with Crippen LogP contribution in [-0.4, -0.2) is 44.8 Å². The van der Waals surface area contributed by atoms with Crippen molar-refractivity contribution in [2.75, 3.05) is 17.9 Å². The van der Waals surface area contributed by atoms with Crippen molar-refractivity contribution in [3.63, 3.8) is 0 Å². The second-order valence-electron chi connectivity index (χ2n) is 8.61. The van der Waals surface area contributed by atoms with Gasteiger partial charge in [0.15, 0.2) is 0 Å². The Hall–Kier alpha value is -2.78. The van der Waals surface area contributed by atoms with E-state index in [0.29, 0.717) is 11.4 Å². The van der Waals surface area contributed by atoms with E-state index in [1.807, 2.05) is 6.92 Å². The molecule has 11 heteroatoms. The molecular weight excluding hydrogens is 569 g/mol. The number of nitrogens with one attached hydrogen (secondary N) is 1. The molecule has 3 aromatic carbocycles. The lowest BCUT2D eigenvalue weighted by Crippen LogP contribution is -2.51. The zero-order chi connectivity index (χ0) is 28.0. The second kappa shape index (κ2) is 12.8. The van der Waals surface area contributed by atoms with Gasteiger partial charge >= 0.3 is 0 Å². The number of aryl methyl sites for hydroxylation is 1. The summed E-state index contributed by atoms with van der Waals surface area (Å²) in [5, 5.41) is 3.49. The van der Waals surface area contributed by atoms with Crippen LogP contribution in [0.15, 0.2) is 71.6 Å². The highest BCUT2D eigenvalue weighted by Gasteiger charge is 2.33. The largest absolute Gasteiger partial charge is 0.357 e. The van der Waals surface area contributed by atoms with Crippen LogP contribution in [0.4, 0.5) is 5.69 Å². The standard InChI is InChI=1S/C27H28Cl3N3O4S/c1-4-25(27(35)31-3)32(16-19-7-9-20(28)10-8-19)26(34)17-33(21-11-14-23(29)24(30)15-21)38(36,37)22-12-5-18(2)6-13-22/h5-15,25H,4,16-17H2,1-3H3,(H,31,35)/t25-/m0/s1. The van der Waals surface area contributed by atoms with Gasteiger partial charge in [-0.3, -0.25) is 13.9 Å². The number of carbonyl (C=O) groups excluding carboxylic acids is 2. The molecule has 3 aromatic rings. The Morgan fingerprint density at radius 3 is 2.11 bits per heavy atom. The van der Waals surface area contributed by atoms with Gasteiger partial charge in [-0.05, 0) is 61.4 Å². The number of benzene rings is 3. The van der Waals surface area contributed by atoms with Crippen molar-refractivity contribution in [1.29, 1.82) is 0 Å². The molecule has 0 spiro atoms. The van der Waals surface area contributed by atoms with Crippen LogP contribution in [0.2, 0.25) is 15.1 Å². The first-order valence-corrected chi connectivity index (χ1v) is 14.3. The molecule has 202 valence electrons. The minimum atomic E-state index is -4.20. The average Bonchev–Trinajstić information content (AvgIpc) is 2.89. The first-order chi connectivity index (χ1) is 18.0. The van der Waals surface area contributed by atoms with Crippen molar-refractivity contribution in [3.05, 3.63) is 92.9 Å². The molecule has 7 nitrogen and oxygen atoms in total. The van der Waals surface area contributed by atoms with Gasteiger partial charge < -0.3 is 10.2 Å². The number of halogens is 3. The van der Waals surface area contributed by atoms with Crippen molar-refractivity contribution in [2.24, 2.45) is 0 Å². The number of hydrogen-bond donors (Lipinski definition) is 1. The summed E-state index contributed by atoms with van der Waals surface area (Å²) in [6, 6.07) is 16.7. The van der Waals surface area contributed by atoms with E-state index in [2.05, 4.69) is 5.32 Å². The summed E-state index contributed by atoms with van der Waals surface area (Å²) in [4.78, 5) is 28.0. The molecule has 0 heterocycles. The third kappa shape index (κ3) is 6.99. The molecule has 0 saturated carbocycles. The maximum Gasteiger partial charge on any atom is 0.264 e. The topological polar surface area (TPSA) is 86.8 Å². The van der Waals surface area contributed by atoms with Crippen LogP contribution >= 0.6 is 34.8 Å². The quantitative estimate of drug-likeness (QED) is 0.325. The van der Waals surface area contributed by atoms with Crippen LogP contribution in [0.1, 0.15) is 24.5 Å². The van der Waals surface area contributed by atoms with Gasteiger partial charge in [0.25, 0.3) is 10.0 Å². The van der Waals surface area contributed by atoms with Gasteiger partial charge in [-0.15, -0.1) is 0 Å². The zero-order valence-corrected chi connectivity index (χ0v) is 24.2. The molecule has 3 rings (SSSR count). The van der Waals surface area contributed by atoms with E-state index in [1.54, 1.807) is 43.3 Å². The molecular formula is C27H28Cl3N3O4S. The molecule has 0 radical (unpaired) electrons. The van der Waals surface area contributed by atoms with Crippen molar-refractivity contribution >= 4 is 62.3 Å². The molecule has 0 aliphatic heterocycles. The lowest BCUT2D eigenvalue weighted by atomic mass is 10.1. The van der Waals surface area contributed by atoms with E-state index in [4.69, 9.17) is 34.8 Å². The Kier molecular flexibility index (Phi) is 10.1. The summed E-state index contributed by atoms with van der Waals surface area (Å²) >= 11 is 18.3. The van der Waals surface area contributed by atoms with Crippen LogP contribution in [0.25, 0.3) is 0 Å². The second-order valence-corrected chi connectivity index (χ2v) is 11.7. The molecule has 0 fully saturated rings. The van der Waals surface area contributed by atoms with E-state index in [9.17, 15) is 18.0 Å². The van der Waals surface area contributed by atoms with Gasteiger partial charge in [-0.2, -0.15) is 0 Å². The normalized spacial score (nSPS) is 12.1. The molecule has 1 N–H and O–H groups in total. The number of nitrogens with zero attached hydrogens (tertiary/aromatic N) is 2. The van der Waals surface area contributed by atoms with Crippen LogP contribution in [0.3, 0.4) is 0 Å². The highest BCUT2D eigenvalue weighted by atomic mass is 35.5. The third-order valence-electron chi connectivity index (χ3n) is 5.98. The van der Waals surface area contributed by atoms with Crippen LogP contribution in [-0.2, 0) is 26.2 Å². The molecule has 38 heavy (non-hydrogen) atoms. The summed E-state index contributed by atoms with van der Waals surface area (Å²) in [6.45, 7) is 3.12. The number of likely N-dealkylation sites (N-methyl/N-ethyl adjacent to an activating group) is 1. The zero-order valence-electron chi connectivity index (χ0n) is 21.1. The van der Waals surface area contributed by atoms with Crippen molar-refractivity contribution < 1.29 is 18.0 Å². The Labute approximate surface area is 238 Å². The lowest BCUT2D eigenvalue weighted by molar-refractivity contribution is -0.140. The highest BCUT2D eigenvalue weighted by molar-refractivity contribution is 7.92. The van der Waals surface area contributed by atoms with E-state index in [1.165, 1.54) is 42.3 Å². The van der Waals surface area contributed by atoms with Gasteiger partial charge in [-0.1, -0.05) is 71.6 Å². The van der Waals surface area contributed by atoms with Gasteiger partial charge in [0.1, 0.15) is 12.6 Å². The van der Waals surface area contributed by atoms with E-state index in [0.717, 1.165) is 15.4 Å². The van der Waals surface area contributed by atoms with Gasteiger partial charge in [0.05, 0.1) is 20.6 Å². The number of rotatable bonds is 10. The summed E-state index contributed by atoms with van der Waals surface area (Å²) in [7, 11) is -2.71. The Morgan fingerprint density at radius 2 is 1.55 bits per heavy atom. The number of amides is 2. The maximum atomic E-state index is 13.9. The summed E-state index contributed by atoms with van der Waals surface area (Å²) in [6.07, 6.45) is 0.316. The summed E-state index contributed by atoms with van der Waals surface area (Å²) in [5.41, 5.74) is 1.77. The molecule has 0 aliphatic rings. The van der Waals surface area contributed by atoms with Crippen molar-refractivity contribution in [2.45, 2.75) is 37.8 Å². The third-order valence-corrected chi connectivity index (χ3v) is 8.76. The maximum absolute atomic E-state index is 13.9. The molecule has 0 saturated heterocycles. The van der Waals surface area contributed by atoms with Crippen LogP contribution < -0.4 is 9.62 Å². The fourth-order valence-corrected chi connectivity index (χ4v) is 5.70. The van der Waals surface area contributed by atoms with Gasteiger partial charge in [0, 0.05) is 18.6 Å². The minimum Gasteiger partial charge on any atom is -0.357 e. The molecule has 0 bridgehead atoms. The molecule has 0 unspecified atom stereocenters. The minimum absolute atomic E-state index is 0.00423. The smallest absolute Gasteiger partial charge is 0.264 e. The number of sulfonamides is 1. The first kappa shape index (κ1) is 29.8. The fourth-order valence-electron chi connectivity index (χ4n) is 3.88. The number of carbonyl (C=O) groups is 2. The Balaban J connectivity index is 2.08. The van der Waals surface area contributed by atoms with Crippen molar-refractivity contribution in [3.8, 4) is 0 Å². The SMILES string of the molecule is CC[C@@H](C(=O)NC)N(Cc1ccc(Cl)cc1)C(=O)CN(c1ccc(Cl)c(Cl)c1)S(=O)(=O)c1ccc(C)cc1.